The lowest BCUT2D eigenvalue weighted by Crippen LogP contribution is -2.53. The maximum atomic E-state index is 10.6. The van der Waals surface area contributed by atoms with E-state index in [0.29, 0.717) is 11.8 Å². The van der Waals surface area contributed by atoms with Gasteiger partial charge in [-0.05, 0) is 74.0 Å². The maximum absolute atomic E-state index is 10.6. The van der Waals surface area contributed by atoms with Gasteiger partial charge in [-0.2, -0.15) is 0 Å². The number of phenolic OH excluding ortho intramolecular Hbond substituents is 1. The van der Waals surface area contributed by atoms with Crippen LogP contribution in [0.25, 0.3) is 21.3 Å². The number of aryl methyl sites for hydroxylation is 1. The number of fused-ring (bicyclic) bond motifs is 4. The molecule has 134 valence electrons. The Hall–Kier alpha value is -2.18. The van der Waals surface area contributed by atoms with Gasteiger partial charge in [0, 0.05) is 28.2 Å². The number of aromatic hydroxyl groups is 1. The van der Waals surface area contributed by atoms with Crippen LogP contribution in [-0.4, -0.2) is 45.9 Å². The number of nitrogens with zero attached hydrogens (tertiary/aromatic N) is 3. The quantitative estimate of drug-likeness (QED) is 0.737. The van der Waals surface area contributed by atoms with E-state index in [0.717, 1.165) is 45.2 Å². The fourth-order valence-electron chi connectivity index (χ4n) is 4.36. The Labute approximate surface area is 156 Å². The first-order valence-electron chi connectivity index (χ1n) is 9.22. The van der Waals surface area contributed by atoms with Gasteiger partial charge in [0.05, 0.1) is 5.69 Å². The zero-order valence-corrected chi connectivity index (χ0v) is 15.6. The number of phenols is 1. The molecule has 1 aromatic carbocycles. The third-order valence-electron chi connectivity index (χ3n) is 5.84. The van der Waals surface area contributed by atoms with Crippen LogP contribution < -0.4 is 5.32 Å². The van der Waals surface area contributed by atoms with Crippen LogP contribution in [0.5, 0.6) is 5.75 Å². The summed E-state index contributed by atoms with van der Waals surface area (Å²) in [7, 11) is 0. The first-order chi connectivity index (χ1) is 12.7. The van der Waals surface area contributed by atoms with E-state index in [2.05, 4.69) is 26.5 Å². The Kier molecular flexibility index (Phi) is 3.83. The lowest BCUT2D eigenvalue weighted by atomic mass is 9.84. The molecule has 0 amide bonds. The van der Waals surface area contributed by atoms with E-state index in [4.69, 9.17) is 0 Å². The molecule has 2 N–H and O–H groups in total. The number of hydrogen-bond donors (Lipinski definition) is 2. The average Bonchev–Trinajstić information content (AvgIpc) is 3.14. The van der Waals surface area contributed by atoms with Gasteiger partial charge >= 0.3 is 0 Å². The van der Waals surface area contributed by atoms with Gasteiger partial charge < -0.3 is 15.3 Å². The van der Waals surface area contributed by atoms with Crippen molar-refractivity contribution in [2.75, 3.05) is 25.0 Å². The second kappa shape index (κ2) is 6.21. The molecule has 3 aromatic rings. The van der Waals surface area contributed by atoms with Crippen molar-refractivity contribution in [2.45, 2.75) is 25.8 Å². The van der Waals surface area contributed by atoms with Gasteiger partial charge in [0.2, 0.25) is 0 Å². The smallest absolute Gasteiger partial charge is 0.149 e. The number of benzene rings is 1. The van der Waals surface area contributed by atoms with Crippen molar-refractivity contribution >= 4 is 27.2 Å². The zero-order valence-electron chi connectivity index (χ0n) is 14.8. The predicted molar refractivity (Wildman–Crippen MR) is 106 cm³/mol. The number of hydrogen-bond acceptors (Lipinski definition) is 6. The van der Waals surface area contributed by atoms with E-state index < -0.39 is 0 Å². The summed E-state index contributed by atoms with van der Waals surface area (Å²) in [5, 5.41) is 26.0. The summed E-state index contributed by atoms with van der Waals surface area (Å²) in [4.78, 5) is 2.53. The first kappa shape index (κ1) is 16.0. The molecule has 0 unspecified atom stereocenters. The SMILES string of the molecule is Cc1cc(N[C@@H]2CN3CCC2CC3)nnc1-c1ccc2sccc2c1O. The molecule has 3 saturated heterocycles. The monoisotopic (exact) mass is 366 g/mol. The van der Waals surface area contributed by atoms with Gasteiger partial charge in [-0.3, -0.25) is 0 Å². The van der Waals surface area contributed by atoms with Crippen molar-refractivity contribution in [2.24, 2.45) is 5.92 Å². The van der Waals surface area contributed by atoms with Gasteiger partial charge in [0.25, 0.3) is 0 Å². The molecule has 26 heavy (non-hydrogen) atoms. The Morgan fingerprint density at radius 2 is 2.04 bits per heavy atom. The van der Waals surface area contributed by atoms with Crippen LogP contribution in [0.15, 0.2) is 29.6 Å². The number of nitrogens with one attached hydrogen (secondary N) is 1. The summed E-state index contributed by atoms with van der Waals surface area (Å²) in [6.45, 7) is 5.60. The molecule has 0 radical (unpaired) electrons. The van der Waals surface area contributed by atoms with Gasteiger partial charge in [0.15, 0.2) is 0 Å². The van der Waals surface area contributed by atoms with Crippen LogP contribution in [0.1, 0.15) is 18.4 Å². The van der Waals surface area contributed by atoms with E-state index in [-0.39, 0.29) is 0 Å². The molecule has 1 atom stereocenters. The molecule has 0 saturated carbocycles. The standard InChI is InChI=1S/C20H22N4OS/c1-12-10-18(21-16-11-24-7-4-13(16)5-8-24)22-23-19(12)15-2-3-17-14(20(15)25)6-9-26-17/h2-3,6,9-10,13,16,25H,4-5,7-8,11H2,1H3,(H,21,22)/t16-/m1/s1. The number of aromatic nitrogens is 2. The molecular formula is C20H22N4OS. The number of anilines is 1. The van der Waals surface area contributed by atoms with Gasteiger partial charge in [-0.25, -0.2) is 0 Å². The van der Waals surface area contributed by atoms with Crippen molar-refractivity contribution < 1.29 is 5.11 Å². The van der Waals surface area contributed by atoms with Gasteiger partial charge in [-0.1, -0.05) is 0 Å². The van der Waals surface area contributed by atoms with E-state index in [1.165, 1.54) is 25.9 Å². The summed E-state index contributed by atoms with van der Waals surface area (Å²) in [6.07, 6.45) is 2.55. The second-order valence-corrected chi connectivity index (χ2v) is 8.39. The van der Waals surface area contributed by atoms with Gasteiger partial charge in [-0.15, -0.1) is 21.5 Å². The van der Waals surface area contributed by atoms with Crippen molar-refractivity contribution in [1.82, 2.24) is 15.1 Å². The van der Waals surface area contributed by atoms with Crippen LogP contribution in [0.3, 0.4) is 0 Å². The normalized spacial score (nSPS) is 24.9. The zero-order chi connectivity index (χ0) is 17.7. The Morgan fingerprint density at radius 1 is 1.19 bits per heavy atom. The van der Waals surface area contributed by atoms with Crippen LogP contribution in [0, 0.1) is 12.8 Å². The minimum absolute atomic E-state index is 0.291. The summed E-state index contributed by atoms with van der Waals surface area (Å²) in [6, 6.07) is 8.44. The summed E-state index contributed by atoms with van der Waals surface area (Å²) in [5.74, 6) is 1.87. The van der Waals surface area contributed by atoms with E-state index >= 15 is 0 Å². The molecule has 5 nitrogen and oxygen atoms in total. The van der Waals surface area contributed by atoms with E-state index in [1.54, 1.807) is 11.3 Å². The highest BCUT2D eigenvalue weighted by Crippen LogP contribution is 2.38. The minimum Gasteiger partial charge on any atom is -0.507 e. The average molecular weight is 366 g/mol. The van der Waals surface area contributed by atoms with Gasteiger partial charge in [0.1, 0.15) is 11.6 Å². The van der Waals surface area contributed by atoms with E-state index in [9.17, 15) is 5.11 Å². The van der Waals surface area contributed by atoms with Crippen molar-refractivity contribution in [3.63, 3.8) is 0 Å². The summed E-state index contributed by atoms with van der Waals surface area (Å²) >= 11 is 1.63. The lowest BCUT2D eigenvalue weighted by molar-refractivity contribution is 0.0973. The lowest BCUT2D eigenvalue weighted by Gasteiger charge is -2.45. The van der Waals surface area contributed by atoms with Crippen molar-refractivity contribution in [1.29, 1.82) is 0 Å². The highest BCUT2D eigenvalue weighted by molar-refractivity contribution is 7.17. The Bertz CT molecular complexity index is 962. The minimum atomic E-state index is 0.291. The topological polar surface area (TPSA) is 61.3 Å². The Balaban J connectivity index is 1.43. The van der Waals surface area contributed by atoms with Crippen LogP contribution in [-0.2, 0) is 0 Å². The number of rotatable bonds is 3. The summed E-state index contributed by atoms with van der Waals surface area (Å²) in [5.41, 5.74) is 2.51. The molecule has 0 aliphatic carbocycles. The second-order valence-electron chi connectivity index (χ2n) is 7.44. The maximum Gasteiger partial charge on any atom is 0.149 e. The molecule has 2 aromatic heterocycles. The Morgan fingerprint density at radius 3 is 2.77 bits per heavy atom. The molecule has 3 fully saturated rings. The third kappa shape index (κ3) is 2.64. The van der Waals surface area contributed by atoms with E-state index in [1.807, 2.05) is 30.5 Å². The molecular weight excluding hydrogens is 344 g/mol. The molecule has 6 rings (SSSR count). The molecule has 2 bridgehead atoms. The largest absolute Gasteiger partial charge is 0.507 e. The molecule has 3 aliphatic rings. The van der Waals surface area contributed by atoms with Crippen molar-refractivity contribution in [3.05, 3.63) is 35.2 Å². The van der Waals surface area contributed by atoms with Crippen molar-refractivity contribution in [3.8, 4) is 17.0 Å². The van der Waals surface area contributed by atoms with Crippen LogP contribution in [0.4, 0.5) is 5.82 Å². The first-order valence-corrected chi connectivity index (χ1v) is 10.1. The number of thiophene rings is 1. The molecule has 6 heteroatoms. The number of piperidine rings is 3. The molecule has 3 aliphatic heterocycles. The predicted octanol–water partition coefficient (Wildman–Crippen LogP) is 3.88. The highest BCUT2D eigenvalue weighted by atomic mass is 32.1. The summed E-state index contributed by atoms with van der Waals surface area (Å²) < 4.78 is 1.08. The third-order valence-corrected chi connectivity index (χ3v) is 6.72. The fraction of sp³-hybridized carbons (Fsp3) is 0.400. The fourth-order valence-corrected chi connectivity index (χ4v) is 5.15. The molecule has 0 spiro atoms. The van der Waals surface area contributed by atoms with Crippen LogP contribution in [0.2, 0.25) is 0 Å². The van der Waals surface area contributed by atoms with Crippen LogP contribution >= 0.6 is 11.3 Å². The highest BCUT2D eigenvalue weighted by Gasteiger charge is 2.34. The molecule has 5 heterocycles.